The van der Waals surface area contributed by atoms with Crippen LogP contribution in [0.1, 0.15) is 41.2 Å². The van der Waals surface area contributed by atoms with Crippen molar-refractivity contribution in [1.82, 2.24) is 19.1 Å². The number of nitrogens with zero attached hydrogens (tertiary/aromatic N) is 4. The third-order valence-corrected chi connectivity index (χ3v) is 5.18. The lowest BCUT2D eigenvalue weighted by Gasteiger charge is -2.12. The van der Waals surface area contributed by atoms with Gasteiger partial charge in [-0.2, -0.15) is 0 Å². The Balaban J connectivity index is 0.000000216. The van der Waals surface area contributed by atoms with Crippen molar-refractivity contribution in [3.05, 3.63) is 108 Å². The number of ketones is 1. The summed E-state index contributed by atoms with van der Waals surface area (Å²) in [5, 5.41) is 0. The van der Waals surface area contributed by atoms with E-state index in [0.717, 1.165) is 30.1 Å². The topological polar surface area (TPSA) is 82.3 Å². The van der Waals surface area contributed by atoms with Crippen LogP contribution in [0.5, 0.6) is 0 Å². The van der Waals surface area contributed by atoms with Crippen molar-refractivity contribution in [2.45, 2.75) is 46.4 Å². The van der Waals surface area contributed by atoms with Crippen molar-refractivity contribution in [3.8, 4) is 0 Å². The minimum Gasteiger partial charge on any atom is -0.363 e. The van der Waals surface area contributed by atoms with Crippen molar-refractivity contribution in [3.63, 3.8) is 0 Å². The lowest BCUT2D eigenvalue weighted by molar-refractivity contribution is 0.0972. The number of epoxide rings is 1. The molecule has 3 heterocycles. The van der Waals surface area contributed by atoms with E-state index in [2.05, 4.69) is 38.8 Å². The number of ether oxygens (including phenoxy) is 1. The van der Waals surface area contributed by atoms with Crippen molar-refractivity contribution >= 4 is 35.0 Å². The van der Waals surface area contributed by atoms with E-state index in [1.807, 2.05) is 104 Å². The standard InChI is InChI=1S/C13H14N2O.C12H12N2O.C2H6.CH3IOS/c1-11-7-15(10-14-11)8-13(9-16-13)12-5-3-2-4-6-12;1-10-7-14(9-13-10)8-12(15)11-5-3-2-4-6-11;1-2;1-4(2)3/h2-7,10H,8-9H2,1H3;2-7,9H,8H2,1H3;1-2H3;1H3. The minimum atomic E-state index is -0.641. The molecule has 2 aromatic carbocycles. The van der Waals surface area contributed by atoms with Crippen LogP contribution in [0.25, 0.3) is 0 Å². The SMILES string of the molecule is CC.CS(=O)I.Cc1cn(CC(=O)c2ccccc2)cn1.Cc1cn(CC2(c3ccccc3)CO2)cn1. The fourth-order valence-electron chi connectivity index (χ4n) is 3.47. The number of hydrogen-bond acceptors (Lipinski definition) is 5. The summed E-state index contributed by atoms with van der Waals surface area (Å²) in [7, 11) is -0.641. The largest absolute Gasteiger partial charge is 0.363 e. The van der Waals surface area contributed by atoms with Gasteiger partial charge in [0.1, 0.15) is 5.60 Å². The molecule has 0 saturated carbocycles. The van der Waals surface area contributed by atoms with Crippen LogP contribution in [-0.4, -0.2) is 42.0 Å². The number of imidazole rings is 2. The molecule has 0 spiro atoms. The normalized spacial score (nSPS) is 16.1. The number of hydrogen-bond donors (Lipinski definition) is 0. The minimum absolute atomic E-state index is 0.105. The van der Waals surface area contributed by atoms with Gasteiger partial charge in [-0.3, -0.25) is 4.79 Å². The molecule has 2 atom stereocenters. The van der Waals surface area contributed by atoms with E-state index in [4.69, 9.17) is 4.74 Å². The van der Waals surface area contributed by atoms with Crippen molar-refractivity contribution in [2.24, 2.45) is 0 Å². The van der Waals surface area contributed by atoms with E-state index >= 15 is 0 Å². The van der Waals surface area contributed by atoms with Gasteiger partial charge in [-0.05, 0) is 19.4 Å². The summed E-state index contributed by atoms with van der Waals surface area (Å²) in [5.74, 6) is 0.105. The lowest BCUT2D eigenvalue weighted by atomic mass is 10.0. The fourth-order valence-corrected chi connectivity index (χ4v) is 3.47. The van der Waals surface area contributed by atoms with Gasteiger partial charge in [-0.25, -0.2) is 14.2 Å². The van der Waals surface area contributed by atoms with E-state index < -0.39 is 7.97 Å². The summed E-state index contributed by atoms with van der Waals surface area (Å²) >= 11 is 1.82. The third-order valence-electron chi connectivity index (χ3n) is 5.18. The average molecular weight is 635 g/mol. The Bertz CT molecular complexity index is 1230. The molecule has 5 rings (SSSR count). The molecule has 0 N–H and O–H groups in total. The molecule has 1 saturated heterocycles. The molecular formula is C28H35IN4O3S. The van der Waals surface area contributed by atoms with Crippen LogP contribution in [-0.2, 0) is 31.4 Å². The number of aromatic nitrogens is 4. The van der Waals surface area contributed by atoms with Gasteiger partial charge in [0.15, 0.2) is 5.78 Å². The number of carbonyl (C=O) groups is 1. The van der Waals surface area contributed by atoms with E-state index in [0.29, 0.717) is 6.54 Å². The van der Waals surface area contributed by atoms with Gasteiger partial charge in [-0.1, -0.05) is 74.5 Å². The molecular weight excluding hydrogens is 599 g/mol. The number of halogens is 1. The van der Waals surface area contributed by atoms with Gasteiger partial charge >= 0.3 is 0 Å². The second-order valence-corrected chi connectivity index (χ2v) is 12.7. The first-order chi connectivity index (χ1) is 17.8. The van der Waals surface area contributed by atoms with E-state index in [1.54, 1.807) is 17.2 Å². The number of rotatable bonds is 6. The van der Waals surface area contributed by atoms with Crippen LogP contribution in [0.2, 0.25) is 0 Å². The second-order valence-electron chi connectivity index (χ2n) is 8.20. The molecule has 1 aliphatic rings. The molecule has 0 radical (unpaired) electrons. The second kappa shape index (κ2) is 15.6. The van der Waals surface area contributed by atoms with E-state index in [-0.39, 0.29) is 11.4 Å². The van der Waals surface area contributed by atoms with Gasteiger partial charge in [0, 0.05) is 45.4 Å². The Hall–Kier alpha value is -2.63. The zero-order valence-electron chi connectivity index (χ0n) is 22.0. The van der Waals surface area contributed by atoms with E-state index in [1.165, 1.54) is 5.56 Å². The molecule has 0 amide bonds. The van der Waals surface area contributed by atoms with Crippen molar-refractivity contribution in [1.29, 1.82) is 0 Å². The smallest absolute Gasteiger partial charge is 0.182 e. The lowest BCUT2D eigenvalue weighted by Crippen LogP contribution is -2.16. The highest BCUT2D eigenvalue weighted by molar-refractivity contribution is 14.2. The fraction of sp³-hybridized carbons (Fsp3) is 0.321. The van der Waals surface area contributed by atoms with Crippen molar-refractivity contribution in [2.75, 3.05) is 12.9 Å². The maximum Gasteiger partial charge on any atom is 0.182 e. The number of aryl methyl sites for hydroxylation is 2. The van der Waals surface area contributed by atoms with Gasteiger partial charge in [0.05, 0.1) is 51.7 Å². The number of Topliss-reactive ketones (excluding diaryl/α,β-unsaturated/α-hetero) is 1. The van der Waals surface area contributed by atoms with Crippen LogP contribution >= 0.6 is 21.2 Å². The number of carbonyl (C=O) groups excluding carboxylic acids is 1. The maximum atomic E-state index is 11.8. The Morgan fingerprint density at radius 3 is 1.84 bits per heavy atom. The molecule has 1 fully saturated rings. The first kappa shape index (κ1) is 30.6. The molecule has 0 bridgehead atoms. The van der Waals surface area contributed by atoms with Crippen molar-refractivity contribution < 1.29 is 13.7 Å². The molecule has 2 unspecified atom stereocenters. The summed E-state index contributed by atoms with van der Waals surface area (Å²) in [6, 6.07) is 19.7. The highest BCUT2D eigenvalue weighted by atomic mass is 127. The molecule has 1 aliphatic heterocycles. The summed E-state index contributed by atoms with van der Waals surface area (Å²) in [4.78, 5) is 20.1. The zero-order chi connectivity index (χ0) is 27.3. The number of benzene rings is 2. The Morgan fingerprint density at radius 2 is 1.41 bits per heavy atom. The first-order valence-corrected chi connectivity index (χ1v) is 16.1. The van der Waals surface area contributed by atoms with Crippen LogP contribution in [0.3, 0.4) is 0 Å². The highest BCUT2D eigenvalue weighted by Crippen LogP contribution is 2.40. The van der Waals surface area contributed by atoms with Gasteiger partial charge < -0.3 is 13.9 Å². The first-order valence-electron chi connectivity index (χ1n) is 12.0. The molecule has 9 heteroatoms. The highest BCUT2D eigenvalue weighted by Gasteiger charge is 2.46. The molecule has 2 aromatic heterocycles. The molecule has 0 aliphatic carbocycles. The van der Waals surface area contributed by atoms with Gasteiger partial charge in [-0.15, -0.1) is 0 Å². The van der Waals surface area contributed by atoms with Crippen LogP contribution in [0.4, 0.5) is 0 Å². The molecule has 37 heavy (non-hydrogen) atoms. The summed E-state index contributed by atoms with van der Waals surface area (Å²) < 4.78 is 19.1. The summed E-state index contributed by atoms with van der Waals surface area (Å²) in [6.07, 6.45) is 9.08. The maximum absolute atomic E-state index is 11.8. The molecule has 7 nitrogen and oxygen atoms in total. The monoisotopic (exact) mass is 634 g/mol. The van der Waals surface area contributed by atoms with Crippen LogP contribution in [0.15, 0.2) is 85.7 Å². The summed E-state index contributed by atoms with van der Waals surface area (Å²) in [6.45, 7) is 9.90. The van der Waals surface area contributed by atoms with Crippen LogP contribution in [0, 0.1) is 13.8 Å². The molecule has 4 aromatic rings. The van der Waals surface area contributed by atoms with Gasteiger partial charge in [0.25, 0.3) is 0 Å². The predicted molar refractivity (Wildman–Crippen MR) is 158 cm³/mol. The zero-order valence-corrected chi connectivity index (χ0v) is 25.0. The van der Waals surface area contributed by atoms with E-state index in [9.17, 15) is 9.00 Å². The van der Waals surface area contributed by atoms with Crippen LogP contribution < -0.4 is 0 Å². The Morgan fingerprint density at radius 1 is 0.946 bits per heavy atom. The Kier molecular flexibility index (Phi) is 12.9. The Labute approximate surface area is 234 Å². The molecule has 198 valence electrons. The quantitative estimate of drug-likeness (QED) is 0.114. The predicted octanol–water partition coefficient (Wildman–Crippen LogP) is 5.93. The summed E-state index contributed by atoms with van der Waals surface area (Å²) in [5.41, 5.74) is 3.85. The third kappa shape index (κ3) is 10.7. The van der Waals surface area contributed by atoms with Gasteiger partial charge in [0.2, 0.25) is 0 Å². The average Bonchev–Trinajstić information content (AvgIpc) is 3.39.